The Labute approximate surface area is 106 Å². The summed E-state index contributed by atoms with van der Waals surface area (Å²) < 4.78 is 0. The van der Waals surface area contributed by atoms with Crippen LogP contribution in [0, 0.1) is 5.92 Å². The lowest BCUT2D eigenvalue weighted by Crippen LogP contribution is -2.43. The van der Waals surface area contributed by atoms with Gasteiger partial charge in [0.2, 0.25) is 5.91 Å². The molecule has 0 radical (unpaired) electrons. The third-order valence-electron chi connectivity index (χ3n) is 3.99. The van der Waals surface area contributed by atoms with Crippen molar-refractivity contribution in [3.05, 3.63) is 0 Å². The van der Waals surface area contributed by atoms with Gasteiger partial charge in [0.25, 0.3) is 0 Å². The topological polar surface area (TPSA) is 32.3 Å². The molecule has 17 heavy (non-hydrogen) atoms. The molecule has 1 fully saturated rings. The van der Waals surface area contributed by atoms with E-state index in [0.717, 1.165) is 19.3 Å². The summed E-state index contributed by atoms with van der Waals surface area (Å²) in [6.07, 6.45) is 4.42. The normalized spacial score (nSPS) is 28.5. The summed E-state index contributed by atoms with van der Waals surface area (Å²) in [4.78, 5) is 14.4. The third kappa shape index (κ3) is 3.21. The van der Waals surface area contributed by atoms with Gasteiger partial charge in [0, 0.05) is 6.04 Å². The zero-order valence-electron chi connectivity index (χ0n) is 12.0. The molecule has 0 aromatic heterocycles. The van der Waals surface area contributed by atoms with Crippen molar-refractivity contribution < 1.29 is 4.79 Å². The minimum absolute atomic E-state index is 0.0410. The molecule has 1 saturated heterocycles. The van der Waals surface area contributed by atoms with Crippen LogP contribution in [0.4, 0.5) is 0 Å². The van der Waals surface area contributed by atoms with Crippen molar-refractivity contribution >= 4 is 5.91 Å². The number of nitrogens with zero attached hydrogens (tertiary/aromatic N) is 1. The lowest BCUT2D eigenvalue weighted by molar-refractivity contribution is -0.132. The Morgan fingerprint density at radius 3 is 2.35 bits per heavy atom. The van der Waals surface area contributed by atoms with Gasteiger partial charge in [-0.25, -0.2) is 0 Å². The average molecular weight is 240 g/mol. The largest absolute Gasteiger partial charge is 0.323 e. The van der Waals surface area contributed by atoms with Crippen molar-refractivity contribution in [3.63, 3.8) is 0 Å². The molecule has 1 aliphatic heterocycles. The molecule has 1 aliphatic rings. The molecular weight excluding hydrogens is 212 g/mol. The first-order chi connectivity index (χ1) is 8.04. The molecular formula is C14H28N2O. The highest BCUT2D eigenvalue weighted by atomic mass is 16.2. The summed E-state index contributed by atoms with van der Waals surface area (Å²) in [5.74, 6) is 0.992. The zero-order valence-corrected chi connectivity index (χ0v) is 12.0. The van der Waals surface area contributed by atoms with Gasteiger partial charge in [-0.05, 0) is 32.1 Å². The van der Waals surface area contributed by atoms with E-state index in [1.54, 1.807) is 0 Å². The molecule has 4 unspecified atom stereocenters. The summed E-state index contributed by atoms with van der Waals surface area (Å²) in [6.45, 7) is 10.9. The molecule has 4 atom stereocenters. The van der Waals surface area contributed by atoms with Crippen LogP contribution in [0.5, 0.6) is 0 Å². The van der Waals surface area contributed by atoms with E-state index >= 15 is 0 Å². The fraction of sp³-hybridized carbons (Fsp3) is 0.929. The standard InChI is InChI=1S/C14H28N2O/c1-6-10(4)9-11(5)16-13(8-3)15-12(7-2)14(16)17/h10-13,15H,6-9H2,1-5H3. The highest BCUT2D eigenvalue weighted by Crippen LogP contribution is 2.23. The lowest BCUT2D eigenvalue weighted by Gasteiger charge is -2.31. The Morgan fingerprint density at radius 2 is 1.88 bits per heavy atom. The summed E-state index contributed by atoms with van der Waals surface area (Å²) in [5.41, 5.74) is 0. The predicted molar refractivity (Wildman–Crippen MR) is 71.7 cm³/mol. The van der Waals surface area contributed by atoms with Crippen molar-refractivity contribution in [3.8, 4) is 0 Å². The van der Waals surface area contributed by atoms with Gasteiger partial charge < -0.3 is 4.90 Å². The summed E-state index contributed by atoms with van der Waals surface area (Å²) in [5, 5.41) is 3.44. The van der Waals surface area contributed by atoms with Gasteiger partial charge in [-0.2, -0.15) is 0 Å². The maximum atomic E-state index is 12.3. The van der Waals surface area contributed by atoms with E-state index in [2.05, 4.69) is 44.8 Å². The Morgan fingerprint density at radius 1 is 1.24 bits per heavy atom. The van der Waals surface area contributed by atoms with Crippen LogP contribution in [0.3, 0.4) is 0 Å². The molecule has 3 nitrogen and oxygen atoms in total. The van der Waals surface area contributed by atoms with Gasteiger partial charge in [-0.1, -0.05) is 34.1 Å². The molecule has 0 aliphatic carbocycles. The number of carbonyl (C=O) groups is 1. The molecule has 100 valence electrons. The number of nitrogens with one attached hydrogen (secondary N) is 1. The van der Waals surface area contributed by atoms with Gasteiger partial charge >= 0.3 is 0 Å². The van der Waals surface area contributed by atoms with Gasteiger partial charge in [0.05, 0.1) is 12.2 Å². The molecule has 1 rings (SSSR count). The second kappa shape index (κ2) is 6.39. The van der Waals surface area contributed by atoms with Gasteiger partial charge in [0.1, 0.15) is 0 Å². The summed E-state index contributed by atoms with van der Waals surface area (Å²) in [6, 6.07) is 0.394. The monoisotopic (exact) mass is 240 g/mol. The molecule has 3 heteroatoms. The van der Waals surface area contributed by atoms with E-state index < -0.39 is 0 Å². The average Bonchev–Trinajstić information content (AvgIpc) is 2.65. The van der Waals surface area contributed by atoms with Crippen LogP contribution < -0.4 is 5.32 Å². The Bertz CT molecular complexity index is 255. The van der Waals surface area contributed by atoms with E-state index in [1.165, 1.54) is 6.42 Å². The van der Waals surface area contributed by atoms with Crippen LogP contribution >= 0.6 is 0 Å². The Kier molecular flexibility index (Phi) is 5.44. The number of hydrogen-bond donors (Lipinski definition) is 1. The summed E-state index contributed by atoms with van der Waals surface area (Å²) >= 11 is 0. The van der Waals surface area contributed by atoms with Crippen LogP contribution in [0.2, 0.25) is 0 Å². The van der Waals surface area contributed by atoms with Crippen LogP contribution in [0.1, 0.15) is 60.3 Å². The molecule has 0 bridgehead atoms. The molecule has 0 aromatic carbocycles. The van der Waals surface area contributed by atoms with Crippen LogP contribution in [0.15, 0.2) is 0 Å². The van der Waals surface area contributed by atoms with Crippen LogP contribution in [-0.2, 0) is 4.79 Å². The third-order valence-corrected chi connectivity index (χ3v) is 3.99. The lowest BCUT2D eigenvalue weighted by atomic mass is 9.99. The van der Waals surface area contributed by atoms with E-state index in [0.29, 0.717) is 17.9 Å². The SMILES string of the molecule is CCC(C)CC(C)N1C(=O)C(CC)NC1CC. The van der Waals surface area contributed by atoms with Crippen molar-refractivity contribution in [2.24, 2.45) is 5.92 Å². The second-order valence-electron chi connectivity index (χ2n) is 5.40. The molecule has 1 N–H and O–H groups in total. The maximum absolute atomic E-state index is 12.3. The molecule has 1 amide bonds. The van der Waals surface area contributed by atoms with Gasteiger partial charge in [0.15, 0.2) is 0 Å². The first-order valence-electron chi connectivity index (χ1n) is 7.13. The van der Waals surface area contributed by atoms with Crippen molar-refractivity contribution in [1.82, 2.24) is 10.2 Å². The minimum atomic E-state index is 0.0410. The fourth-order valence-corrected chi connectivity index (χ4v) is 2.71. The fourth-order valence-electron chi connectivity index (χ4n) is 2.71. The first-order valence-corrected chi connectivity index (χ1v) is 7.13. The maximum Gasteiger partial charge on any atom is 0.241 e. The summed E-state index contributed by atoms with van der Waals surface area (Å²) in [7, 11) is 0. The minimum Gasteiger partial charge on any atom is -0.323 e. The van der Waals surface area contributed by atoms with Crippen LogP contribution in [0.25, 0.3) is 0 Å². The van der Waals surface area contributed by atoms with E-state index in [1.807, 2.05) is 0 Å². The number of amides is 1. The zero-order chi connectivity index (χ0) is 13.0. The van der Waals surface area contributed by atoms with Crippen molar-refractivity contribution in [2.75, 3.05) is 0 Å². The van der Waals surface area contributed by atoms with E-state index in [9.17, 15) is 4.79 Å². The highest BCUT2D eigenvalue weighted by molar-refractivity contribution is 5.84. The van der Waals surface area contributed by atoms with Crippen molar-refractivity contribution in [2.45, 2.75) is 78.6 Å². The smallest absolute Gasteiger partial charge is 0.241 e. The highest BCUT2D eigenvalue weighted by Gasteiger charge is 2.39. The second-order valence-corrected chi connectivity index (χ2v) is 5.40. The van der Waals surface area contributed by atoms with Gasteiger partial charge in [-0.15, -0.1) is 0 Å². The molecule has 0 spiro atoms. The van der Waals surface area contributed by atoms with Crippen molar-refractivity contribution in [1.29, 1.82) is 0 Å². The first kappa shape index (κ1) is 14.5. The Hall–Kier alpha value is -0.570. The quantitative estimate of drug-likeness (QED) is 0.774. The predicted octanol–water partition coefficient (Wildman–Crippen LogP) is 2.76. The molecule has 0 aromatic rings. The molecule has 1 heterocycles. The van der Waals surface area contributed by atoms with Gasteiger partial charge in [-0.3, -0.25) is 10.1 Å². The molecule has 0 saturated carbocycles. The number of hydrogen-bond acceptors (Lipinski definition) is 2. The van der Waals surface area contributed by atoms with E-state index in [4.69, 9.17) is 0 Å². The van der Waals surface area contributed by atoms with E-state index in [-0.39, 0.29) is 12.2 Å². The number of rotatable bonds is 6. The number of carbonyl (C=O) groups excluding carboxylic acids is 1. The van der Waals surface area contributed by atoms with Crippen LogP contribution in [-0.4, -0.2) is 29.1 Å². The Balaban J connectivity index is 2.69.